The standard InChI is InChI=1S/C14H21NO4SSi/c1-19-12-9-10(5-6-11(12)15)13(16)14(17)20-7-4-8-21(2,3)18/h5-6,9,18H,4,7-8,15H2,1-3H3. The first-order valence-electron chi connectivity index (χ1n) is 6.62. The van der Waals surface area contributed by atoms with Crippen molar-refractivity contribution in [1.29, 1.82) is 0 Å². The van der Waals surface area contributed by atoms with Crippen molar-refractivity contribution in [3.05, 3.63) is 23.8 Å². The fourth-order valence-electron chi connectivity index (χ4n) is 1.71. The molecule has 0 aromatic heterocycles. The number of anilines is 1. The van der Waals surface area contributed by atoms with E-state index in [-0.39, 0.29) is 5.56 Å². The molecule has 7 heteroatoms. The molecule has 1 rings (SSSR count). The lowest BCUT2D eigenvalue weighted by Crippen LogP contribution is -2.24. The molecule has 0 bridgehead atoms. The molecule has 0 saturated heterocycles. The predicted molar refractivity (Wildman–Crippen MR) is 88.3 cm³/mol. The second-order valence-electron chi connectivity index (χ2n) is 5.34. The van der Waals surface area contributed by atoms with Crippen molar-refractivity contribution in [3.8, 4) is 5.75 Å². The van der Waals surface area contributed by atoms with Crippen LogP contribution in [0.5, 0.6) is 5.75 Å². The van der Waals surface area contributed by atoms with Crippen LogP contribution in [0.25, 0.3) is 0 Å². The third-order valence-electron chi connectivity index (χ3n) is 2.85. The number of hydrogen-bond donors (Lipinski definition) is 2. The summed E-state index contributed by atoms with van der Waals surface area (Å²) in [4.78, 5) is 33.6. The summed E-state index contributed by atoms with van der Waals surface area (Å²) in [5.41, 5.74) is 6.36. The van der Waals surface area contributed by atoms with E-state index in [0.29, 0.717) is 17.2 Å². The van der Waals surface area contributed by atoms with E-state index in [1.54, 1.807) is 6.07 Å². The number of ether oxygens (including phenoxy) is 1. The van der Waals surface area contributed by atoms with Crippen molar-refractivity contribution in [3.63, 3.8) is 0 Å². The van der Waals surface area contributed by atoms with Gasteiger partial charge in [0.05, 0.1) is 12.8 Å². The lowest BCUT2D eigenvalue weighted by atomic mass is 10.1. The van der Waals surface area contributed by atoms with Gasteiger partial charge in [0, 0.05) is 11.3 Å². The van der Waals surface area contributed by atoms with E-state index in [0.717, 1.165) is 24.2 Å². The van der Waals surface area contributed by atoms with Crippen LogP contribution < -0.4 is 10.5 Å². The van der Waals surface area contributed by atoms with Gasteiger partial charge >= 0.3 is 0 Å². The maximum atomic E-state index is 12.0. The van der Waals surface area contributed by atoms with Gasteiger partial charge in [-0.15, -0.1) is 0 Å². The minimum absolute atomic E-state index is 0.274. The molecule has 3 N–H and O–H groups in total. The van der Waals surface area contributed by atoms with Crippen LogP contribution in [0.1, 0.15) is 16.8 Å². The van der Waals surface area contributed by atoms with Crippen molar-refractivity contribution >= 4 is 36.7 Å². The zero-order valence-electron chi connectivity index (χ0n) is 12.5. The van der Waals surface area contributed by atoms with Crippen molar-refractivity contribution in [1.82, 2.24) is 0 Å². The molecule has 0 atom stereocenters. The molecule has 0 aliphatic rings. The van der Waals surface area contributed by atoms with Crippen LogP contribution in [0, 0.1) is 0 Å². The smallest absolute Gasteiger partial charge is 0.259 e. The van der Waals surface area contributed by atoms with Gasteiger partial charge in [-0.05, 0) is 43.8 Å². The quantitative estimate of drug-likeness (QED) is 0.263. The molecule has 5 nitrogen and oxygen atoms in total. The summed E-state index contributed by atoms with van der Waals surface area (Å²) in [6.07, 6.45) is 0.727. The van der Waals surface area contributed by atoms with Gasteiger partial charge in [-0.3, -0.25) is 9.59 Å². The first-order valence-corrected chi connectivity index (χ1v) is 10.8. The summed E-state index contributed by atoms with van der Waals surface area (Å²) in [5, 5.41) is -0.501. The molecule has 1 aromatic rings. The number of methoxy groups -OCH3 is 1. The molecule has 21 heavy (non-hydrogen) atoms. The minimum Gasteiger partial charge on any atom is -0.495 e. The molecule has 0 unspecified atom stereocenters. The summed E-state index contributed by atoms with van der Waals surface area (Å²) in [6.45, 7) is 3.70. The SMILES string of the molecule is COc1cc(C(=O)C(=O)SCCC[Si](C)(C)O)ccc1N. The maximum absolute atomic E-state index is 12.0. The molecule has 0 spiro atoms. The Morgan fingerprint density at radius 1 is 1.38 bits per heavy atom. The van der Waals surface area contributed by atoms with E-state index in [1.165, 1.54) is 19.2 Å². The molecule has 116 valence electrons. The number of ketones is 1. The second kappa shape index (κ2) is 7.63. The highest BCUT2D eigenvalue weighted by Gasteiger charge is 2.20. The number of carbonyl (C=O) groups is 2. The van der Waals surface area contributed by atoms with E-state index in [2.05, 4.69) is 0 Å². The fourth-order valence-corrected chi connectivity index (χ4v) is 3.73. The highest BCUT2D eigenvalue weighted by molar-refractivity contribution is 8.15. The van der Waals surface area contributed by atoms with Crippen molar-refractivity contribution < 1.29 is 19.1 Å². The summed E-state index contributed by atoms with van der Waals surface area (Å²) < 4.78 is 5.03. The Labute approximate surface area is 130 Å². The van der Waals surface area contributed by atoms with Crippen LogP contribution in [0.15, 0.2) is 18.2 Å². The minimum atomic E-state index is -2.08. The van der Waals surface area contributed by atoms with Gasteiger partial charge in [-0.2, -0.15) is 0 Å². The Kier molecular flexibility index (Phi) is 6.44. The first kappa shape index (κ1) is 17.7. The highest BCUT2D eigenvalue weighted by atomic mass is 32.2. The zero-order chi connectivity index (χ0) is 16.0. The van der Waals surface area contributed by atoms with E-state index < -0.39 is 19.2 Å². The lowest BCUT2D eigenvalue weighted by Gasteiger charge is -2.12. The lowest BCUT2D eigenvalue weighted by molar-refractivity contribution is -0.107. The average Bonchev–Trinajstić information content (AvgIpc) is 2.42. The third-order valence-corrected chi connectivity index (χ3v) is 5.36. The van der Waals surface area contributed by atoms with Crippen molar-refractivity contribution in [2.75, 3.05) is 18.6 Å². The van der Waals surface area contributed by atoms with Crippen LogP contribution in [0.2, 0.25) is 19.1 Å². The molecular weight excluding hydrogens is 306 g/mol. The fraction of sp³-hybridized carbons (Fsp3) is 0.429. The van der Waals surface area contributed by atoms with Gasteiger partial charge in [0.25, 0.3) is 5.12 Å². The molecule has 0 heterocycles. The number of hydrogen-bond acceptors (Lipinski definition) is 6. The van der Waals surface area contributed by atoms with E-state index in [1.807, 2.05) is 13.1 Å². The second-order valence-corrected chi connectivity index (χ2v) is 10.5. The van der Waals surface area contributed by atoms with Crippen LogP contribution in [-0.4, -0.2) is 36.9 Å². The molecule has 0 aliphatic carbocycles. The molecule has 0 fully saturated rings. The highest BCUT2D eigenvalue weighted by Crippen LogP contribution is 2.23. The van der Waals surface area contributed by atoms with Gasteiger partial charge in [-0.25, -0.2) is 0 Å². The molecule has 0 saturated carbocycles. The largest absolute Gasteiger partial charge is 0.495 e. The summed E-state index contributed by atoms with van der Waals surface area (Å²) in [6, 6.07) is 5.25. The van der Waals surface area contributed by atoms with Crippen molar-refractivity contribution in [2.24, 2.45) is 0 Å². The van der Waals surface area contributed by atoms with Crippen LogP contribution >= 0.6 is 11.8 Å². The van der Waals surface area contributed by atoms with E-state index in [9.17, 15) is 14.4 Å². The van der Waals surface area contributed by atoms with Gasteiger partial charge in [0.2, 0.25) is 5.78 Å². The molecular formula is C14H21NO4SSi. The van der Waals surface area contributed by atoms with Crippen LogP contribution in [-0.2, 0) is 4.79 Å². The van der Waals surface area contributed by atoms with E-state index >= 15 is 0 Å². The monoisotopic (exact) mass is 327 g/mol. The van der Waals surface area contributed by atoms with Crippen molar-refractivity contribution in [2.45, 2.75) is 25.6 Å². The Hall–Kier alpha value is -1.31. The maximum Gasteiger partial charge on any atom is 0.259 e. The van der Waals surface area contributed by atoms with Gasteiger partial charge in [0.1, 0.15) is 5.75 Å². The molecule has 0 aliphatic heterocycles. The summed E-state index contributed by atoms with van der Waals surface area (Å²) >= 11 is 0.988. The number of benzene rings is 1. The molecule has 0 radical (unpaired) electrons. The number of nitrogen functional groups attached to an aromatic ring is 1. The Morgan fingerprint density at radius 3 is 2.62 bits per heavy atom. The normalized spacial score (nSPS) is 11.2. The number of thioether (sulfide) groups is 1. The molecule has 1 aromatic carbocycles. The van der Waals surface area contributed by atoms with Crippen LogP contribution in [0.3, 0.4) is 0 Å². The Balaban J connectivity index is 2.57. The first-order chi connectivity index (χ1) is 9.74. The Morgan fingerprint density at radius 2 is 2.05 bits per heavy atom. The molecule has 0 amide bonds. The van der Waals surface area contributed by atoms with E-state index in [4.69, 9.17) is 10.5 Å². The predicted octanol–water partition coefficient (Wildman–Crippen LogP) is 2.31. The topological polar surface area (TPSA) is 89.6 Å². The van der Waals surface area contributed by atoms with Gasteiger partial charge in [0.15, 0.2) is 8.32 Å². The summed E-state index contributed by atoms with van der Waals surface area (Å²) in [7, 11) is -0.624. The average molecular weight is 327 g/mol. The number of rotatable bonds is 7. The third kappa shape index (κ3) is 5.90. The van der Waals surface area contributed by atoms with Gasteiger partial charge in [-0.1, -0.05) is 11.8 Å². The number of carbonyl (C=O) groups excluding carboxylic acids is 2. The Bertz CT molecular complexity index is 528. The number of Topliss-reactive ketones (excluding diaryl/α,β-unsaturated/α-hetero) is 1. The van der Waals surface area contributed by atoms with Gasteiger partial charge < -0.3 is 15.3 Å². The summed E-state index contributed by atoms with van der Waals surface area (Å²) in [5.74, 6) is 0.360. The number of nitrogens with two attached hydrogens (primary N) is 1. The van der Waals surface area contributed by atoms with Crippen LogP contribution in [0.4, 0.5) is 5.69 Å². The zero-order valence-corrected chi connectivity index (χ0v) is 14.3.